The van der Waals surface area contributed by atoms with Crippen molar-refractivity contribution in [3.05, 3.63) is 90.3 Å². The van der Waals surface area contributed by atoms with E-state index in [1.165, 1.54) is 36.0 Å². The van der Waals surface area contributed by atoms with E-state index in [9.17, 15) is 14.0 Å². The van der Waals surface area contributed by atoms with Crippen LogP contribution >= 0.6 is 11.8 Å². The number of hydrogen-bond donors (Lipinski definition) is 1. The van der Waals surface area contributed by atoms with Gasteiger partial charge in [0, 0.05) is 43.6 Å². The largest absolute Gasteiger partial charge is 0.333 e. The smallest absolute Gasteiger partial charge is 0.236 e. The Kier molecular flexibility index (Phi) is 8.12. The van der Waals surface area contributed by atoms with Gasteiger partial charge in [-0.15, -0.1) is 11.8 Å². The number of carbonyl (C=O) groups is 2. The number of carbonyl (C=O) groups excluding carboxylic acids is 2. The van der Waals surface area contributed by atoms with Crippen LogP contribution in [0.2, 0.25) is 0 Å². The summed E-state index contributed by atoms with van der Waals surface area (Å²) in [6.45, 7) is 2.64. The van der Waals surface area contributed by atoms with Crippen LogP contribution in [0.3, 0.4) is 0 Å². The standard InChI is InChI=1S/C23H23FN4O2S/c1-17(31-16-22(29)27-21-6-4-20(24)5-7-21)23(30)28(14-18-8-11-25-12-9-18)15-19-3-2-10-26-13-19/h2-13,17H,14-16H2,1H3,(H,27,29). The Morgan fingerprint density at radius 3 is 2.39 bits per heavy atom. The van der Waals surface area contributed by atoms with Crippen molar-refractivity contribution in [1.29, 1.82) is 0 Å². The summed E-state index contributed by atoms with van der Waals surface area (Å²) in [7, 11) is 0. The van der Waals surface area contributed by atoms with Gasteiger partial charge in [0.05, 0.1) is 11.0 Å². The molecule has 0 fully saturated rings. The van der Waals surface area contributed by atoms with Gasteiger partial charge in [0.15, 0.2) is 0 Å². The van der Waals surface area contributed by atoms with E-state index in [-0.39, 0.29) is 23.4 Å². The highest BCUT2D eigenvalue weighted by Crippen LogP contribution is 2.18. The first-order valence-electron chi connectivity index (χ1n) is 9.75. The molecule has 8 heteroatoms. The number of nitrogens with zero attached hydrogens (tertiary/aromatic N) is 3. The molecule has 160 valence electrons. The molecule has 3 rings (SSSR count). The van der Waals surface area contributed by atoms with Gasteiger partial charge in [-0.2, -0.15) is 0 Å². The monoisotopic (exact) mass is 438 g/mol. The second kappa shape index (κ2) is 11.2. The third-order valence-electron chi connectivity index (χ3n) is 4.47. The molecule has 2 aromatic heterocycles. The molecule has 0 bridgehead atoms. The fourth-order valence-electron chi connectivity index (χ4n) is 2.89. The third kappa shape index (κ3) is 7.18. The van der Waals surface area contributed by atoms with E-state index in [0.29, 0.717) is 18.8 Å². The van der Waals surface area contributed by atoms with Gasteiger partial charge in [-0.05, 0) is 60.5 Å². The van der Waals surface area contributed by atoms with Crippen LogP contribution in [-0.2, 0) is 22.7 Å². The van der Waals surface area contributed by atoms with Gasteiger partial charge in [0.25, 0.3) is 0 Å². The highest BCUT2D eigenvalue weighted by molar-refractivity contribution is 8.01. The minimum Gasteiger partial charge on any atom is -0.333 e. The highest BCUT2D eigenvalue weighted by Gasteiger charge is 2.22. The van der Waals surface area contributed by atoms with Gasteiger partial charge in [-0.25, -0.2) is 4.39 Å². The molecule has 0 saturated carbocycles. The van der Waals surface area contributed by atoms with Crippen LogP contribution in [0.5, 0.6) is 0 Å². The van der Waals surface area contributed by atoms with Crippen molar-refractivity contribution in [3.8, 4) is 0 Å². The van der Waals surface area contributed by atoms with Crippen molar-refractivity contribution in [2.75, 3.05) is 11.1 Å². The van der Waals surface area contributed by atoms with Crippen LogP contribution < -0.4 is 5.32 Å². The van der Waals surface area contributed by atoms with Crippen molar-refractivity contribution in [1.82, 2.24) is 14.9 Å². The number of rotatable bonds is 9. The number of anilines is 1. The van der Waals surface area contributed by atoms with Crippen LogP contribution in [-0.4, -0.2) is 37.7 Å². The van der Waals surface area contributed by atoms with Crippen LogP contribution in [0.25, 0.3) is 0 Å². The molecule has 1 atom stereocenters. The summed E-state index contributed by atoms with van der Waals surface area (Å²) >= 11 is 1.26. The molecule has 31 heavy (non-hydrogen) atoms. The molecule has 1 aromatic carbocycles. The molecule has 0 saturated heterocycles. The van der Waals surface area contributed by atoms with Crippen LogP contribution in [0.15, 0.2) is 73.3 Å². The molecule has 0 aliphatic rings. The van der Waals surface area contributed by atoms with Crippen molar-refractivity contribution >= 4 is 29.3 Å². The summed E-state index contributed by atoms with van der Waals surface area (Å²) < 4.78 is 13.0. The minimum absolute atomic E-state index is 0.0692. The van der Waals surface area contributed by atoms with E-state index >= 15 is 0 Å². The van der Waals surface area contributed by atoms with Crippen molar-refractivity contribution in [3.63, 3.8) is 0 Å². The Hall–Kier alpha value is -3.26. The average Bonchev–Trinajstić information content (AvgIpc) is 2.79. The number of nitrogens with one attached hydrogen (secondary N) is 1. The van der Waals surface area contributed by atoms with Gasteiger partial charge in [0.1, 0.15) is 5.82 Å². The van der Waals surface area contributed by atoms with Crippen molar-refractivity contribution in [2.45, 2.75) is 25.3 Å². The molecule has 0 radical (unpaired) electrons. The lowest BCUT2D eigenvalue weighted by atomic mass is 10.2. The number of amides is 2. The molecule has 6 nitrogen and oxygen atoms in total. The maximum Gasteiger partial charge on any atom is 0.236 e. The molecule has 2 heterocycles. The van der Waals surface area contributed by atoms with Crippen LogP contribution in [0.4, 0.5) is 10.1 Å². The number of thioether (sulfide) groups is 1. The molecule has 1 N–H and O–H groups in total. The van der Waals surface area contributed by atoms with Gasteiger partial charge in [0.2, 0.25) is 11.8 Å². The number of benzene rings is 1. The van der Waals surface area contributed by atoms with Gasteiger partial charge >= 0.3 is 0 Å². The second-order valence-electron chi connectivity index (χ2n) is 6.92. The van der Waals surface area contributed by atoms with E-state index in [1.807, 2.05) is 24.3 Å². The number of hydrogen-bond acceptors (Lipinski definition) is 5. The second-order valence-corrected chi connectivity index (χ2v) is 8.25. The summed E-state index contributed by atoms with van der Waals surface area (Å²) in [6.07, 6.45) is 6.82. The fourth-order valence-corrected chi connectivity index (χ4v) is 3.66. The zero-order valence-corrected chi connectivity index (χ0v) is 17.9. The third-order valence-corrected chi connectivity index (χ3v) is 5.60. The maximum absolute atomic E-state index is 13.2. The lowest BCUT2D eigenvalue weighted by Gasteiger charge is -2.26. The van der Waals surface area contributed by atoms with E-state index < -0.39 is 5.25 Å². The van der Waals surface area contributed by atoms with Gasteiger partial charge in [-0.3, -0.25) is 19.6 Å². The van der Waals surface area contributed by atoms with Crippen LogP contribution in [0, 0.1) is 5.82 Å². The lowest BCUT2D eigenvalue weighted by Crippen LogP contribution is -2.36. The Morgan fingerprint density at radius 2 is 1.71 bits per heavy atom. The zero-order valence-electron chi connectivity index (χ0n) is 17.1. The predicted octanol–water partition coefficient (Wildman–Crippen LogP) is 3.90. The summed E-state index contributed by atoms with van der Waals surface area (Å²) in [5.74, 6) is -0.570. The molecule has 2 amide bonds. The number of pyridine rings is 2. The Labute approximate surface area is 184 Å². The average molecular weight is 439 g/mol. The first-order valence-corrected chi connectivity index (χ1v) is 10.8. The van der Waals surface area contributed by atoms with Gasteiger partial charge in [-0.1, -0.05) is 6.07 Å². The predicted molar refractivity (Wildman–Crippen MR) is 120 cm³/mol. The Morgan fingerprint density at radius 1 is 1.00 bits per heavy atom. The zero-order chi connectivity index (χ0) is 22.1. The normalized spacial score (nSPS) is 11.5. The molecular formula is C23H23FN4O2S. The maximum atomic E-state index is 13.2. The highest BCUT2D eigenvalue weighted by atomic mass is 32.2. The van der Waals surface area contributed by atoms with E-state index in [2.05, 4.69) is 15.3 Å². The summed E-state index contributed by atoms with van der Waals surface area (Å²) in [4.78, 5) is 35.3. The molecular weight excluding hydrogens is 415 g/mol. The molecule has 0 spiro atoms. The molecule has 3 aromatic rings. The summed E-state index contributed by atoms with van der Waals surface area (Å²) in [5, 5.41) is 2.29. The molecule has 0 aliphatic heterocycles. The van der Waals surface area contributed by atoms with E-state index in [0.717, 1.165) is 11.1 Å². The molecule has 0 aliphatic carbocycles. The summed E-state index contributed by atoms with van der Waals surface area (Å²) in [5.41, 5.74) is 2.41. The van der Waals surface area contributed by atoms with Crippen LogP contribution in [0.1, 0.15) is 18.1 Å². The van der Waals surface area contributed by atoms with Crippen molar-refractivity contribution in [2.24, 2.45) is 0 Å². The minimum atomic E-state index is -0.419. The first kappa shape index (κ1) is 22.4. The Bertz CT molecular complexity index is 946. The fraction of sp³-hybridized carbons (Fsp3) is 0.217. The molecule has 1 unspecified atom stereocenters. The quantitative estimate of drug-likeness (QED) is 0.548. The number of halogens is 1. The number of aromatic nitrogens is 2. The van der Waals surface area contributed by atoms with Crippen molar-refractivity contribution < 1.29 is 14.0 Å². The van der Waals surface area contributed by atoms with E-state index in [1.54, 1.807) is 36.6 Å². The Balaban J connectivity index is 1.60. The topological polar surface area (TPSA) is 75.2 Å². The van der Waals surface area contributed by atoms with Gasteiger partial charge < -0.3 is 10.2 Å². The SMILES string of the molecule is CC(SCC(=O)Nc1ccc(F)cc1)C(=O)N(Cc1ccncc1)Cc1cccnc1. The summed E-state index contributed by atoms with van der Waals surface area (Å²) in [6, 6.07) is 13.1. The van der Waals surface area contributed by atoms with E-state index in [4.69, 9.17) is 0 Å². The first-order chi connectivity index (χ1) is 15.0. The lowest BCUT2D eigenvalue weighted by molar-refractivity contribution is -0.131.